The lowest BCUT2D eigenvalue weighted by Gasteiger charge is -2.17. The summed E-state index contributed by atoms with van der Waals surface area (Å²) in [5.41, 5.74) is 8.84. The largest absolute Gasteiger partial charge is 0.507 e. The highest BCUT2D eigenvalue weighted by atomic mass is 32.1. The van der Waals surface area contributed by atoms with Gasteiger partial charge in [0.05, 0.1) is 5.69 Å². The van der Waals surface area contributed by atoms with Gasteiger partial charge in [-0.2, -0.15) is 0 Å². The number of nitrogens with zero attached hydrogens (tertiary/aromatic N) is 2. The number of hydrogen-bond donors (Lipinski definition) is 2. The van der Waals surface area contributed by atoms with Crippen LogP contribution in [0.3, 0.4) is 0 Å². The van der Waals surface area contributed by atoms with Crippen molar-refractivity contribution in [2.75, 3.05) is 0 Å². The summed E-state index contributed by atoms with van der Waals surface area (Å²) in [7, 11) is 0. The van der Waals surface area contributed by atoms with E-state index < -0.39 is 0 Å². The molecule has 0 aliphatic heterocycles. The van der Waals surface area contributed by atoms with E-state index in [4.69, 9.17) is 5.73 Å². The van der Waals surface area contributed by atoms with Crippen molar-refractivity contribution in [1.29, 1.82) is 0 Å². The van der Waals surface area contributed by atoms with Crippen molar-refractivity contribution in [3.05, 3.63) is 40.8 Å². The molecule has 0 amide bonds. The molecule has 4 rings (SSSR count). The van der Waals surface area contributed by atoms with Crippen molar-refractivity contribution in [1.82, 2.24) is 10.2 Å². The van der Waals surface area contributed by atoms with Crippen LogP contribution in [0.5, 0.6) is 5.75 Å². The molecular formula is C16H15N3OS. The topological polar surface area (TPSA) is 72.0 Å². The number of aryl methyl sites for hydroxylation is 1. The molecule has 106 valence electrons. The quantitative estimate of drug-likeness (QED) is 0.724. The molecule has 1 aliphatic carbocycles. The molecule has 1 aromatic carbocycles. The minimum atomic E-state index is 0.229. The molecule has 2 aromatic heterocycles. The molecule has 5 heteroatoms. The number of aromatic nitrogens is 2. The number of hydrogen-bond acceptors (Lipinski definition) is 5. The third-order valence-electron chi connectivity index (χ3n) is 4.03. The standard InChI is InChI=1S/C16H15N3OS/c17-9-5-6-15-11(7-9)12-8-13(18-19-16(12)21-15)10-3-1-2-4-14(10)20/h1-4,8-9,20H,5-7,17H2/t9-/m1/s1. The second-order valence-electron chi connectivity index (χ2n) is 5.47. The van der Waals surface area contributed by atoms with Crippen LogP contribution in [0.2, 0.25) is 0 Å². The highest BCUT2D eigenvalue weighted by Gasteiger charge is 2.22. The Morgan fingerprint density at radius 3 is 2.95 bits per heavy atom. The molecule has 3 aromatic rings. The predicted molar refractivity (Wildman–Crippen MR) is 84.5 cm³/mol. The van der Waals surface area contributed by atoms with Crippen LogP contribution in [0.4, 0.5) is 0 Å². The van der Waals surface area contributed by atoms with E-state index in [0.717, 1.165) is 29.5 Å². The first kappa shape index (κ1) is 12.7. The van der Waals surface area contributed by atoms with Crippen LogP contribution in [0.1, 0.15) is 16.9 Å². The van der Waals surface area contributed by atoms with E-state index in [2.05, 4.69) is 10.2 Å². The Balaban J connectivity index is 1.90. The van der Waals surface area contributed by atoms with Crippen molar-refractivity contribution in [3.63, 3.8) is 0 Å². The molecule has 0 saturated heterocycles. The van der Waals surface area contributed by atoms with Crippen LogP contribution >= 0.6 is 11.3 Å². The van der Waals surface area contributed by atoms with Gasteiger partial charge in [-0.1, -0.05) is 12.1 Å². The number of benzene rings is 1. The number of thiophene rings is 1. The van der Waals surface area contributed by atoms with Gasteiger partial charge in [-0.15, -0.1) is 21.5 Å². The fraction of sp³-hybridized carbons (Fsp3) is 0.250. The zero-order valence-corrected chi connectivity index (χ0v) is 12.2. The molecule has 0 spiro atoms. The molecule has 4 nitrogen and oxygen atoms in total. The average molecular weight is 297 g/mol. The summed E-state index contributed by atoms with van der Waals surface area (Å²) in [4.78, 5) is 2.35. The van der Waals surface area contributed by atoms with E-state index >= 15 is 0 Å². The molecule has 1 aliphatic rings. The van der Waals surface area contributed by atoms with E-state index in [1.807, 2.05) is 18.2 Å². The number of phenolic OH excluding ortho intramolecular Hbond substituents is 1. The summed E-state index contributed by atoms with van der Waals surface area (Å²) < 4.78 is 0. The van der Waals surface area contributed by atoms with Gasteiger partial charge in [0, 0.05) is 21.9 Å². The molecular weight excluding hydrogens is 282 g/mol. The van der Waals surface area contributed by atoms with E-state index in [1.54, 1.807) is 23.5 Å². The second kappa shape index (κ2) is 4.79. The fourth-order valence-electron chi connectivity index (χ4n) is 2.93. The molecule has 21 heavy (non-hydrogen) atoms. The Morgan fingerprint density at radius 2 is 2.10 bits per heavy atom. The predicted octanol–water partition coefficient (Wildman–Crippen LogP) is 2.88. The zero-order chi connectivity index (χ0) is 14.4. The van der Waals surface area contributed by atoms with E-state index in [1.165, 1.54) is 10.4 Å². The Bertz CT molecular complexity index is 828. The van der Waals surface area contributed by atoms with Crippen LogP contribution in [0, 0.1) is 0 Å². The van der Waals surface area contributed by atoms with Gasteiger partial charge in [0.15, 0.2) is 0 Å². The molecule has 1 atom stereocenters. The van der Waals surface area contributed by atoms with Gasteiger partial charge in [-0.3, -0.25) is 0 Å². The first-order valence-corrected chi connectivity index (χ1v) is 7.86. The van der Waals surface area contributed by atoms with E-state index in [-0.39, 0.29) is 11.8 Å². The molecule has 0 radical (unpaired) electrons. The SMILES string of the molecule is N[C@@H]1CCc2sc3nnc(-c4ccccc4O)cc3c2C1. The van der Waals surface area contributed by atoms with Crippen molar-refractivity contribution in [2.45, 2.75) is 25.3 Å². The maximum atomic E-state index is 9.98. The lowest BCUT2D eigenvalue weighted by atomic mass is 9.93. The number of phenols is 1. The van der Waals surface area contributed by atoms with E-state index in [0.29, 0.717) is 11.3 Å². The van der Waals surface area contributed by atoms with E-state index in [9.17, 15) is 5.11 Å². The molecule has 0 fully saturated rings. The van der Waals surface area contributed by atoms with Crippen LogP contribution in [0.25, 0.3) is 21.5 Å². The number of rotatable bonds is 1. The minimum Gasteiger partial charge on any atom is -0.507 e. The van der Waals surface area contributed by atoms with Crippen molar-refractivity contribution < 1.29 is 5.11 Å². The van der Waals surface area contributed by atoms with Gasteiger partial charge in [-0.05, 0) is 43.0 Å². The first-order valence-electron chi connectivity index (χ1n) is 7.04. The summed E-state index contributed by atoms with van der Waals surface area (Å²) in [5.74, 6) is 0.229. The molecule has 0 saturated carbocycles. The maximum absolute atomic E-state index is 9.98. The van der Waals surface area contributed by atoms with Gasteiger partial charge in [0.2, 0.25) is 0 Å². The Morgan fingerprint density at radius 1 is 1.24 bits per heavy atom. The third kappa shape index (κ3) is 2.09. The summed E-state index contributed by atoms with van der Waals surface area (Å²) in [5, 5.41) is 19.7. The lowest BCUT2D eigenvalue weighted by Crippen LogP contribution is -2.26. The van der Waals surface area contributed by atoms with Gasteiger partial charge >= 0.3 is 0 Å². The summed E-state index contributed by atoms with van der Waals surface area (Å²) in [6, 6.07) is 9.48. The third-order valence-corrected chi connectivity index (χ3v) is 5.22. The number of para-hydroxylation sites is 1. The van der Waals surface area contributed by atoms with Crippen LogP contribution in [0.15, 0.2) is 30.3 Å². The Labute approximate surface area is 126 Å². The summed E-state index contributed by atoms with van der Waals surface area (Å²) in [6.07, 6.45) is 2.98. The van der Waals surface area contributed by atoms with Gasteiger partial charge in [-0.25, -0.2) is 0 Å². The Hall–Kier alpha value is -1.98. The molecule has 2 heterocycles. The highest BCUT2D eigenvalue weighted by Crippen LogP contribution is 2.37. The molecule has 0 unspecified atom stereocenters. The fourth-order valence-corrected chi connectivity index (χ4v) is 4.07. The minimum absolute atomic E-state index is 0.229. The second-order valence-corrected chi connectivity index (χ2v) is 6.56. The number of fused-ring (bicyclic) bond motifs is 3. The molecule has 0 bridgehead atoms. The van der Waals surface area contributed by atoms with Gasteiger partial charge < -0.3 is 10.8 Å². The number of aromatic hydroxyl groups is 1. The zero-order valence-electron chi connectivity index (χ0n) is 11.4. The van der Waals surface area contributed by atoms with Gasteiger partial charge in [0.25, 0.3) is 0 Å². The Kier molecular flexibility index (Phi) is 2.90. The smallest absolute Gasteiger partial charge is 0.146 e. The van der Waals surface area contributed by atoms with Crippen molar-refractivity contribution in [3.8, 4) is 17.0 Å². The van der Waals surface area contributed by atoms with Crippen LogP contribution < -0.4 is 5.73 Å². The monoisotopic (exact) mass is 297 g/mol. The summed E-state index contributed by atoms with van der Waals surface area (Å²) in [6.45, 7) is 0. The van der Waals surface area contributed by atoms with Crippen LogP contribution in [-0.4, -0.2) is 21.3 Å². The normalized spacial score (nSPS) is 17.9. The first-order chi connectivity index (χ1) is 10.2. The maximum Gasteiger partial charge on any atom is 0.146 e. The highest BCUT2D eigenvalue weighted by molar-refractivity contribution is 7.18. The molecule has 3 N–H and O–H groups in total. The van der Waals surface area contributed by atoms with Crippen molar-refractivity contribution >= 4 is 21.6 Å². The average Bonchev–Trinajstić information content (AvgIpc) is 2.85. The van der Waals surface area contributed by atoms with Crippen molar-refractivity contribution in [2.24, 2.45) is 5.73 Å². The van der Waals surface area contributed by atoms with Crippen LogP contribution in [-0.2, 0) is 12.8 Å². The van der Waals surface area contributed by atoms with Gasteiger partial charge in [0.1, 0.15) is 10.6 Å². The lowest BCUT2D eigenvalue weighted by molar-refractivity contribution is 0.477. The number of nitrogens with two attached hydrogens (primary N) is 1. The summed E-state index contributed by atoms with van der Waals surface area (Å²) >= 11 is 1.72.